The van der Waals surface area contributed by atoms with E-state index in [9.17, 15) is 4.79 Å². The smallest absolute Gasteiger partial charge is 0.308 e. The summed E-state index contributed by atoms with van der Waals surface area (Å²) in [6, 6.07) is 3.95. The number of pyridine rings is 1. The number of methoxy groups -OCH3 is 1. The summed E-state index contributed by atoms with van der Waals surface area (Å²) >= 11 is 0. The second-order valence-electron chi connectivity index (χ2n) is 6.14. The SMILES string of the molecule is CN=C(NCc1cccnc1-n1ccnc1)N1CCC(C(=O)OC)CC1. The molecule has 0 aromatic carbocycles. The van der Waals surface area contributed by atoms with Gasteiger partial charge in [-0.15, -0.1) is 0 Å². The molecule has 0 amide bonds. The molecule has 3 heterocycles. The van der Waals surface area contributed by atoms with Crippen LogP contribution < -0.4 is 5.32 Å². The van der Waals surface area contributed by atoms with Gasteiger partial charge in [0, 0.05) is 50.8 Å². The van der Waals surface area contributed by atoms with E-state index in [1.54, 1.807) is 25.8 Å². The molecule has 0 aliphatic carbocycles. The van der Waals surface area contributed by atoms with E-state index in [0.717, 1.165) is 43.3 Å². The lowest BCUT2D eigenvalue weighted by Gasteiger charge is -2.33. The maximum atomic E-state index is 11.7. The van der Waals surface area contributed by atoms with Crippen molar-refractivity contribution < 1.29 is 9.53 Å². The molecule has 0 atom stereocenters. The van der Waals surface area contributed by atoms with E-state index in [2.05, 4.69) is 25.2 Å². The van der Waals surface area contributed by atoms with Crippen molar-refractivity contribution in [3.05, 3.63) is 42.6 Å². The van der Waals surface area contributed by atoms with Crippen molar-refractivity contribution in [1.29, 1.82) is 0 Å². The number of hydrogen-bond acceptors (Lipinski definition) is 5. The number of ether oxygens (including phenoxy) is 1. The maximum Gasteiger partial charge on any atom is 0.308 e. The minimum absolute atomic E-state index is 0.0134. The number of imidazole rings is 1. The monoisotopic (exact) mass is 356 g/mol. The Kier molecular flexibility index (Phi) is 5.83. The van der Waals surface area contributed by atoms with Gasteiger partial charge >= 0.3 is 5.97 Å². The largest absolute Gasteiger partial charge is 0.469 e. The molecular weight excluding hydrogens is 332 g/mol. The Bertz CT molecular complexity index is 751. The summed E-state index contributed by atoms with van der Waals surface area (Å²) in [5.74, 6) is 1.54. The highest BCUT2D eigenvalue weighted by Crippen LogP contribution is 2.18. The molecule has 3 rings (SSSR count). The number of hydrogen-bond donors (Lipinski definition) is 1. The van der Waals surface area contributed by atoms with Gasteiger partial charge in [0.1, 0.15) is 12.1 Å². The number of likely N-dealkylation sites (tertiary alicyclic amines) is 1. The number of carbonyl (C=O) groups excluding carboxylic acids is 1. The number of piperidine rings is 1. The fraction of sp³-hybridized carbons (Fsp3) is 0.444. The van der Waals surface area contributed by atoms with Crippen molar-refractivity contribution in [2.75, 3.05) is 27.2 Å². The van der Waals surface area contributed by atoms with E-state index in [1.165, 1.54) is 7.11 Å². The van der Waals surface area contributed by atoms with E-state index in [4.69, 9.17) is 4.74 Å². The fourth-order valence-corrected chi connectivity index (χ4v) is 3.19. The quantitative estimate of drug-likeness (QED) is 0.504. The molecule has 0 radical (unpaired) electrons. The number of nitrogens with zero attached hydrogens (tertiary/aromatic N) is 5. The molecule has 0 bridgehead atoms. The van der Waals surface area contributed by atoms with Crippen molar-refractivity contribution in [2.24, 2.45) is 10.9 Å². The van der Waals surface area contributed by atoms with Crippen LogP contribution in [0.2, 0.25) is 0 Å². The third kappa shape index (κ3) is 4.01. The van der Waals surface area contributed by atoms with Gasteiger partial charge in [0.25, 0.3) is 0 Å². The Hall–Kier alpha value is -2.90. The highest BCUT2D eigenvalue weighted by Gasteiger charge is 2.27. The van der Waals surface area contributed by atoms with Gasteiger partial charge in [-0.25, -0.2) is 9.97 Å². The van der Waals surface area contributed by atoms with Crippen molar-refractivity contribution in [2.45, 2.75) is 19.4 Å². The summed E-state index contributed by atoms with van der Waals surface area (Å²) < 4.78 is 6.74. The van der Waals surface area contributed by atoms with Crippen LogP contribution in [0.4, 0.5) is 0 Å². The molecule has 1 saturated heterocycles. The molecule has 8 nitrogen and oxygen atoms in total. The first-order chi connectivity index (χ1) is 12.7. The van der Waals surface area contributed by atoms with Gasteiger partial charge in [0.05, 0.1) is 13.0 Å². The second kappa shape index (κ2) is 8.46. The van der Waals surface area contributed by atoms with Gasteiger partial charge in [0.15, 0.2) is 5.96 Å². The average molecular weight is 356 g/mol. The number of esters is 1. The minimum atomic E-state index is -0.118. The molecule has 1 aliphatic heterocycles. The summed E-state index contributed by atoms with van der Waals surface area (Å²) in [6.45, 7) is 2.16. The molecule has 1 aliphatic rings. The second-order valence-corrected chi connectivity index (χ2v) is 6.14. The van der Waals surface area contributed by atoms with Crippen LogP contribution in [-0.2, 0) is 16.1 Å². The van der Waals surface area contributed by atoms with Gasteiger partial charge in [0.2, 0.25) is 0 Å². The Labute approximate surface area is 152 Å². The van der Waals surface area contributed by atoms with Crippen LogP contribution in [-0.4, -0.2) is 58.6 Å². The third-order valence-electron chi connectivity index (χ3n) is 4.59. The third-order valence-corrected chi connectivity index (χ3v) is 4.59. The van der Waals surface area contributed by atoms with Gasteiger partial charge < -0.3 is 15.0 Å². The molecule has 0 spiro atoms. The van der Waals surface area contributed by atoms with Crippen LogP contribution in [0.25, 0.3) is 5.82 Å². The van der Waals surface area contributed by atoms with Crippen LogP contribution in [0.1, 0.15) is 18.4 Å². The lowest BCUT2D eigenvalue weighted by Crippen LogP contribution is -2.46. The number of rotatable bonds is 4. The van der Waals surface area contributed by atoms with E-state index < -0.39 is 0 Å². The van der Waals surface area contributed by atoms with E-state index >= 15 is 0 Å². The molecule has 138 valence electrons. The van der Waals surface area contributed by atoms with E-state index in [0.29, 0.717) is 6.54 Å². The number of guanidine groups is 1. The van der Waals surface area contributed by atoms with Crippen molar-refractivity contribution in [1.82, 2.24) is 24.8 Å². The van der Waals surface area contributed by atoms with Crippen molar-refractivity contribution in [3.63, 3.8) is 0 Å². The van der Waals surface area contributed by atoms with Crippen LogP contribution in [0, 0.1) is 5.92 Å². The zero-order chi connectivity index (χ0) is 18.4. The highest BCUT2D eigenvalue weighted by atomic mass is 16.5. The molecule has 2 aromatic heterocycles. The first kappa shape index (κ1) is 17.9. The Morgan fingerprint density at radius 1 is 1.38 bits per heavy atom. The molecular formula is C18H24N6O2. The molecule has 1 N–H and O–H groups in total. The van der Waals surface area contributed by atoms with E-state index in [1.807, 2.05) is 22.9 Å². The molecule has 0 saturated carbocycles. The lowest BCUT2D eigenvalue weighted by atomic mass is 9.97. The van der Waals surface area contributed by atoms with Crippen LogP contribution in [0.15, 0.2) is 42.0 Å². The Balaban J connectivity index is 1.62. The van der Waals surface area contributed by atoms with Crippen LogP contribution >= 0.6 is 0 Å². The first-order valence-electron chi connectivity index (χ1n) is 8.68. The predicted octanol–water partition coefficient (Wildman–Crippen LogP) is 1.23. The number of nitrogens with one attached hydrogen (secondary N) is 1. The molecule has 1 fully saturated rings. The van der Waals surface area contributed by atoms with Gasteiger partial charge in [-0.1, -0.05) is 6.07 Å². The maximum absolute atomic E-state index is 11.7. The van der Waals surface area contributed by atoms with E-state index in [-0.39, 0.29) is 11.9 Å². The number of aromatic nitrogens is 3. The first-order valence-corrected chi connectivity index (χ1v) is 8.68. The number of carbonyl (C=O) groups is 1. The predicted molar refractivity (Wildman–Crippen MR) is 97.9 cm³/mol. The van der Waals surface area contributed by atoms with Crippen LogP contribution in [0.5, 0.6) is 0 Å². The summed E-state index contributed by atoms with van der Waals surface area (Å²) in [6.07, 6.45) is 8.67. The number of aliphatic imine (C=N–C) groups is 1. The van der Waals surface area contributed by atoms with Gasteiger partial charge in [-0.3, -0.25) is 14.4 Å². The molecule has 2 aromatic rings. The lowest BCUT2D eigenvalue weighted by molar-refractivity contribution is -0.146. The average Bonchev–Trinajstić information content (AvgIpc) is 3.23. The molecule has 8 heteroatoms. The zero-order valence-electron chi connectivity index (χ0n) is 15.1. The minimum Gasteiger partial charge on any atom is -0.469 e. The topological polar surface area (TPSA) is 84.6 Å². The molecule has 0 unspecified atom stereocenters. The van der Waals surface area contributed by atoms with Gasteiger partial charge in [-0.05, 0) is 18.9 Å². The summed E-state index contributed by atoms with van der Waals surface area (Å²) in [5, 5.41) is 3.40. The Morgan fingerprint density at radius 2 is 2.19 bits per heavy atom. The van der Waals surface area contributed by atoms with Crippen LogP contribution in [0.3, 0.4) is 0 Å². The highest BCUT2D eigenvalue weighted by molar-refractivity contribution is 5.80. The zero-order valence-corrected chi connectivity index (χ0v) is 15.1. The van der Waals surface area contributed by atoms with Gasteiger partial charge in [-0.2, -0.15) is 0 Å². The van der Waals surface area contributed by atoms with Crippen molar-refractivity contribution >= 4 is 11.9 Å². The fourth-order valence-electron chi connectivity index (χ4n) is 3.19. The normalized spacial score (nSPS) is 15.8. The van der Waals surface area contributed by atoms with Crippen molar-refractivity contribution in [3.8, 4) is 5.82 Å². The Morgan fingerprint density at radius 3 is 2.85 bits per heavy atom. The summed E-state index contributed by atoms with van der Waals surface area (Å²) in [7, 11) is 3.22. The standard InChI is InChI=1S/C18H24N6O2/c1-19-18(23-9-5-14(6-10-23)17(25)26-2)22-12-15-4-3-7-21-16(15)24-11-8-20-13-24/h3-4,7-8,11,13-14H,5-6,9-10,12H2,1-2H3,(H,19,22). The molecule has 26 heavy (non-hydrogen) atoms. The summed E-state index contributed by atoms with van der Waals surface area (Å²) in [5.41, 5.74) is 1.05. The summed E-state index contributed by atoms with van der Waals surface area (Å²) in [4.78, 5) is 26.8.